The van der Waals surface area contributed by atoms with E-state index in [-0.39, 0.29) is 11.8 Å². The third-order valence-electron chi connectivity index (χ3n) is 4.00. The highest BCUT2D eigenvalue weighted by atomic mass is 35.5. The third-order valence-corrected chi connectivity index (χ3v) is 4.23. The number of aryl methyl sites for hydroxylation is 1. The van der Waals surface area contributed by atoms with E-state index in [1.165, 1.54) is 11.5 Å². The smallest absolute Gasteiger partial charge is 0.257 e. The fourth-order valence-electron chi connectivity index (χ4n) is 2.78. The summed E-state index contributed by atoms with van der Waals surface area (Å²) < 4.78 is 1.45. The fourth-order valence-corrected chi connectivity index (χ4v) is 2.95. The van der Waals surface area contributed by atoms with E-state index in [1.54, 1.807) is 24.4 Å². The maximum atomic E-state index is 12.7. The normalized spacial score (nSPS) is 10.8. The van der Waals surface area contributed by atoms with Crippen molar-refractivity contribution in [1.29, 1.82) is 0 Å². The van der Waals surface area contributed by atoms with Crippen LogP contribution >= 0.6 is 11.6 Å². The second kappa shape index (κ2) is 6.49. The number of hydrogen-bond donors (Lipinski definition) is 1. The molecule has 3 rings (SSSR count). The molecule has 4 nitrogen and oxygen atoms in total. The quantitative estimate of drug-likeness (QED) is 0.746. The Hall–Kier alpha value is -2.59. The predicted octanol–water partition coefficient (Wildman–Crippen LogP) is 4.77. The van der Waals surface area contributed by atoms with Crippen LogP contribution < -0.4 is 5.32 Å². The monoisotopic (exact) mass is 340 g/mol. The molecular weight excluding hydrogens is 324 g/mol. The van der Waals surface area contributed by atoms with E-state index in [0.717, 1.165) is 17.7 Å². The van der Waals surface area contributed by atoms with Crippen LogP contribution in [0.25, 0.3) is 10.9 Å². The summed E-state index contributed by atoms with van der Waals surface area (Å²) in [6, 6.07) is 12.8. The highest BCUT2D eigenvalue weighted by molar-refractivity contribution is 6.31. The summed E-state index contributed by atoms with van der Waals surface area (Å²) in [7, 11) is 0. The van der Waals surface area contributed by atoms with Gasteiger partial charge in [-0.2, -0.15) is 0 Å². The lowest BCUT2D eigenvalue weighted by Gasteiger charge is -2.09. The van der Waals surface area contributed by atoms with Gasteiger partial charge in [0.2, 0.25) is 5.91 Å². The van der Waals surface area contributed by atoms with E-state index in [2.05, 4.69) is 5.32 Å². The van der Waals surface area contributed by atoms with Gasteiger partial charge in [0.25, 0.3) is 5.91 Å². The van der Waals surface area contributed by atoms with E-state index >= 15 is 0 Å². The highest BCUT2D eigenvalue weighted by Crippen LogP contribution is 2.26. The summed E-state index contributed by atoms with van der Waals surface area (Å²) in [6.45, 7) is 3.49. The average molecular weight is 341 g/mol. The van der Waals surface area contributed by atoms with Crippen LogP contribution in [0.4, 0.5) is 5.69 Å². The van der Waals surface area contributed by atoms with Gasteiger partial charge < -0.3 is 5.32 Å². The number of anilines is 1. The molecule has 122 valence electrons. The molecule has 0 spiro atoms. The molecule has 1 aromatic heterocycles. The van der Waals surface area contributed by atoms with Crippen LogP contribution in [0.1, 0.15) is 34.6 Å². The molecule has 1 amide bonds. The van der Waals surface area contributed by atoms with Gasteiger partial charge in [-0.05, 0) is 30.2 Å². The molecule has 0 atom stereocenters. The highest BCUT2D eigenvalue weighted by Gasteiger charge is 2.18. The molecule has 0 fully saturated rings. The number of halogens is 1. The van der Waals surface area contributed by atoms with Crippen LogP contribution in [-0.2, 0) is 6.42 Å². The van der Waals surface area contributed by atoms with Crippen molar-refractivity contribution in [3.63, 3.8) is 0 Å². The van der Waals surface area contributed by atoms with Crippen molar-refractivity contribution < 1.29 is 9.59 Å². The zero-order chi connectivity index (χ0) is 17.3. The first kappa shape index (κ1) is 16.3. The molecule has 0 aliphatic heterocycles. The second-order valence-corrected chi connectivity index (χ2v) is 5.99. The van der Waals surface area contributed by atoms with Crippen molar-refractivity contribution in [3.8, 4) is 0 Å². The second-order valence-electron chi connectivity index (χ2n) is 5.56. The van der Waals surface area contributed by atoms with E-state index in [9.17, 15) is 9.59 Å². The molecule has 0 radical (unpaired) electrons. The number of amides is 1. The van der Waals surface area contributed by atoms with Gasteiger partial charge in [0.15, 0.2) is 0 Å². The Morgan fingerprint density at radius 2 is 1.92 bits per heavy atom. The summed E-state index contributed by atoms with van der Waals surface area (Å²) in [5, 5.41) is 4.16. The van der Waals surface area contributed by atoms with Gasteiger partial charge in [0, 0.05) is 29.2 Å². The Morgan fingerprint density at radius 3 is 2.62 bits per heavy atom. The first-order chi connectivity index (χ1) is 11.5. The molecule has 0 unspecified atom stereocenters. The van der Waals surface area contributed by atoms with Gasteiger partial charge >= 0.3 is 0 Å². The van der Waals surface area contributed by atoms with Crippen LogP contribution in [0.3, 0.4) is 0 Å². The van der Waals surface area contributed by atoms with Crippen molar-refractivity contribution in [2.75, 3.05) is 5.32 Å². The van der Waals surface area contributed by atoms with Gasteiger partial charge in [-0.3, -0.25) is 14.2 Å². The van der Waals surface area contributed by atoms with Gasteiger partial charge in [0.05, 0.1) is 11.1 Å². The molecule has 1 heterocycles. The van der Waals surface area contributed by atoms with Crippen molar-refractivity contribution in [3.05, 3.63) is 64.8 Å². The molecule has 2 aromatic carbocycles. The fraction of sp³-hybridized carbons (Fsp3) is 0.158. The molecule has 0 saturated heterocycles. The largest absolute Gasteiger partial charge is 0.322 e. The molecule has 0 aliphatic rings. The first-order valence-electron chi connectivity index (χ1n) is 7.72. The Bertz CT molecular complexity index is 944. The molecule has 24 heavy (non-hydrogen) atoms. The maximum absolute atomic E-state index is 12.7. The van der Waals surface area contributed by atoms with Gasteiger partial charge in [-0.15, -0.1) is 0 Å². The molecule has 1 N–H and O–H groups in total. The number of carbonyl (C=O) groups is 2. The number of nitrogens with one attached hydrogen (secondary N) is 1. The Kier molecular flexibility index (Phi) is 4.40. The average Bonchev–Trinajstić information content (AvgIpc) is 2.94. The molecule has 0 aliphatic carbocycles. The third kappa shape index (κ3) is 2.93. The first-order valence-corrected chi connectivity index (χ1v) is 8.10. The lowest BCUT2D eigenvalue weighted by molar-refractivity contribution is 0.0941. The lowest BCUT2D eigenvalue weighted by Crippen LogP contribution is -2.13. The predicted molar refractivity (Wildman–Crippen MR) is 97.0 cm³/mol. The van der Waals surface area contributed by atoms with Crippen LogP contribution in [0.15, 0.2) is 48.7 Å². The number of hydrogen-bond acceptors (Lipinski definition) is 2. The summed E-state index contributed by atoms with van der Waals surface area (Å²) >= 11 is 6.03. The van der Waals surface area contributed by atoms with E-state index in [1.807, 2.05) is 31.2 Å². The number of para-hydroxylation sites is 1. The van der Waals surface area contributed by atoms with Crippen molar-refractivity contribution in [1.82, 2.24) is 4.57 Å². The van der Waals surface area contributed by atoms with Gasteiger partial charge in [-0.25, -0.2) is 0 Å². The molecule has 5 heteroatoms. The minimum atomic E-state index is -0.247. The topological polar surface area (TPSA) is 51.1 Å². The van der Waals surface area contributed by atoms with Crippen molar-refractivity contribution >= 4 is 40.0 Å². The lowest BCUT2D eigenvalue weighted by atomic mass is 10.1. The maximum Gasteiger partial charge on any atom is 0.257 e. The molecule has 0 bridgehead atoms. The minimum absolute atomic E-state index is 0.171. The van der Waals surface area contributed by atoms with E-state index in [4.69, 9.17) is 11.6 Å². The number of carbonyl (C=O) groups excluding carboxylic acids is 2. The summed E-state index contributed by atoms with van der Waals surface area (Å²) in [4.78, 5) is 24.6. The van der Waals surface area contributed by atoms with Crippen LogP contribution in [0, 0.1) is 0 Å². The standard InChI is InChI=1S/C19H17ClN2O2/c1-3-13-6-4-5-7-17(13)21-19(24)16-11-22(12(2)23)18-10-14(20)8-9-15(16)18/h4-11H,3H2,1-2H3,(H,21,24). The SMILES string of the molecule is CCc1ccccc1NC(=O)c1cn(C(C)=O)c2cc(Cl)ccc12. The van der Waals surface area contributed by atoms with Crippen LogP contribution in [-0.4, -0.2) is 16.4 Å². The Labute approximate surface area is 145 Å². The van der Waals surface area contributed by atoms with Gasteiger partial charge in [0.1, 0.15) is 0 Å². The van der Waals surface area contributed by atoms with Gasteiger partial charge in [-0.1, -0.05) is 42.8 Å². The number of fused-ring (bicyclic) bond motifs is 1. The zero-order valence-corrected chi connectivity index (χ0v) is 14.2. The Balaban J connectivity index is 2.06. The summed E-state index contributed by atoms with van der Waals surface area (Å²) in [5.41, 5.74) is 2.92. The summed E-state index contributed by atoms with van der Waals surface area (Å²) in [5.74, 6) is -0.418. The number of rotatable bonds is 3. The molecular formula is C19H17ClN2O2. The molecule has 0 saturated carbocycles. The summed E-state index contributed by atoms with van der Waals surface area (Å²) in [6.07, 6.45) is 2.38. The Morgan fingerprint density at radius 1 is 1.17 bits per heavy atom. The zero-order valence-electron chi connectivity index (χ0n) is 13.5. The van der Waals surface area contributed by atoms with Crippen molar-refractivity contribution in [2.45, 2.75) is 20.3 Å². The van der Waals surface area contributed by atoms with E-state index in [0.29, 0.717) is 21.5 Å². The van der Waals surface area contributed by atoms with Crippen LogP contribution in [0.5, 0.6) is 0 Å². The van der Waals surface area contributed by atoms with E-state index < -0.39 is 0 Å². The van der Waals surface area contributed by atoms with Crippen LogP contribution in [0.2, 0.25) is 5.02 Å². The number of nitrogens with zero attached hydrogens (tertiary/aromatic N) is 1. The molecule has 3 aromatic rings. The minimum Gasteiger partial charge on any atom is -0.322 e. The van der Waals surface area contributed by atoms with Crippen molar-refractivity contribution in [2.24, 2.45) is 0 Å². The number of aromatic nitrogens is 1. The number of benzene rings is 2.